The number of rotatable bonds is 8. The molecule has 1 heterocycles. The van der Waals surface area contributed by atoms with E-state index in [1.54, 1.807) is 6.26 Å². The van der Waals surface area contributed by atoms with Gasteiger partial charge < -0.3 is 9.32 Å². The minimum absolute atomic E-state index is 0.0192. The number of benzene rings is 1. The van der Waals surface area contributed by atoms with Crippen molar-refractivity contribution in [2.24, 2.45) is 0 Å². The molecule has 1 aromatic heterocycles. The Morgan fingerprint density at radius 2 is 1.74 bits per heavy atom. The molecule has 1 atom stereocenters. The lowest BCUT2D eigenvalue weighted by Crippen LogP contribution is -2.33. The number of nitrogens with zero attached hydrogens (tertiary/aromatic N) is 1. The number of carbonyl (C=O) groups excluding carboxylic acids is 1. The molecule has 3 nitrogen and oxygen atoms in total. The molecular weight excluding hydrogens is 286 g/mol. The van der Waals surface area contributed by atoms with Crippen molar-refractivity contribution in [1.29, 1.82) is 0 Å². The van der Waals surface area contributed by atoms with E-state index >= 15 is 0 Å². The van der Waals surface area contributed by atoms with Crippen molar-refractivity contribution in [3.63, 3.8) is 0 Å². The number of aryl methyl sites for hydroxylation is 1. The van der Waals surface area contributed by atoms with Crippen LogP contribution >= 0.6 is 0 Å². The first-order valence-corrected chi connectivity index (χ1v) is 8.53. The summed E-state index contributed by atoms with van der Waals surface area (Å²) in [4.78, 5) is 14.7. The summed E-state index contributed by atoms with van der Waals surface area (Å²) < 4.78 is 5.61. The van der Waals surface area contributed by atoms with Gasteiger partial charge in [-0.25, -0.2) is 0 Å². The average Bonchev–Trinajstić information content (AvgIpc) is 3.07. The fourth-order valence-electron chi connectivity index (χ4n) is 2.88. The summed E-state index contributed by atoms with van der Waals surface area (Å²) in [5, 5.41) is 0. The van der Waals surface area contributed by atoms with Crippen LogP contribution < -0.4 is 0 Å². The van der Waals surface area contributed by atoms with Crippen LogP contribution in [-0.2, 0) is 4.79 Å². The summed E-state index contributed by atoms with van der Waals surface area (Å²) in [6.45, 7) is 7.94. The summed E-state index contributed by atoms with van der Waals surface area (Å²) in [6, 6.07) is 12.2. The first kappa shape index (κ1) is 17.3. The van der Waals surface area contributed by atoms with Gasteiger partial charge in [-0.3, -0.25) is 4.79 Å². The molecule has 0 radical (unpaired) electrons. The Bertz CT molecular complexity index is 581. The van der Waals surface area contributed by atoms with Crippen molar-refractivity contribution in [3.8, 4) is 0 Å². The van der Waals surface area contributed by atoms with E-state index in [0.717, 1.165) is 37.3 Å². The Morgan fingerprint density at radius 3 is 2.26 bits per heavy atom. The SMILES string of the molecule is CCCN(CCC)C(=O)C[C@H](c1ccc(C)cc1)c1ccco1. The topological polar surface area (TPSA) is 33.5 Å². The van der Waals surface area contributed by atoms with Gasteiger partial charge in [-0.2, -0.15) is 0 Å². The summed E-state index contributed by atoms with van der Waals surface area (Å²) in [5.74, 6) is 1.04. The van der Waals surface area contributed by atoms with Gasteiger partial charge in [0, 0.05) is 19.5 Å². The molecular formula is C20H27NO2. The van der Waals surface area contributed by atoms with Crippen LogP contribution in [0.3, 0.4) is 0 Å². The zero-order valence-electron chi connectivity index (χ0n) is 14.4. The van der Waals surface area contributed by atoms with Crippen molar-refractivity contribution in [3.05, 3.63) is 59.5 Å². The second kappa shape index (κ2) is 8.56. The smallest absolute Gasteiger partial charge is 0.223 e. The number of furan rings is 1. The van der Waals surface area contributed by atoms with Gasteiger partial charge >= 0.3 is 0 Å². The Kier molecular flexibility index (Phi) is 6.45. The van der Waals surface area contributed by atoms with Gasteiger partial charge in [0.2, 0.25) is 5.91 Å². The molecule has 0 saturated heterocycles. The lowest BCUT2D eigenvalue weighted by molar-refractivity contribution is -0.131. The molecule has 0 fully saturated rings. The van der Waals surface area contributed by atoms with Crippen LogP contribution in [0.5, 0.6) is 0 Å². The van der Waals surface area contributed by atoms with Gasteiger partial charge in [0.1, 0.15) is 5.76 Å². The van der Waals surface area contributed by atoms with Gasteiger partial charge in [0.05, 0.1) is 12.2 Å². The summed E-state index contributed by atoms with van der Waals surface area (Å²) in [7, 11) is 0. The van der Waals surface area contributed by atoms with Gasteiger partial charge in [-0.1, -0.05) is 43.7 Å². The van der Waals surface area contributed by atoms with Crippen molar-refractivity contribution in [1.82, 2.24) is 4.90 Å². The summed E-state index contributed by atoms with van der Waals surface area (Å²) >= 11 is 0. The predicted molar refractivity (Wildman–Crippen MR) is 93.5 cm³/mol. The quantitative estimate of drug-likeness (QED) is 0.704. The Balaban J connectivity index is 2.21. The van der Waals surface area contributed by atoms with Crippen LogP contribution in [0.1, 0.15) is 55.9 Å². The van der Waals surface area contributed by atoms with Gasteiger partial charge in [0.25, 0.3) is 0 Å². The van der Waals surface area contributed by atoms with E-state index in [1.807, 2.05) is 17.0 Å². The fraction of sp³-hybridized carbons (Fsp3) is 0.450. The van der Waals surface area contributed by atoms with Crippen LogP contribution in [0.15, 0.2) is 47.1 Å². The van der Waals surface area contributed by atoms with E-state index in [1.165, 1.54) is 5.56 Å². The zero-order chi connectivity index (χ0) is 16.7. The number of amides is 1. The van der Waals surface area contributed by atoms with Crippen LogP contribution in [0.4, 0.5) is 0 Å². The molecule has 124 valence electrons. The lowest BCUT2D eigenvalue weighted by atomic mass is 9.92. The average molecular weight is 313 g/mol. The van der Waals surface area contributed by atoms with Crippen molar-refractivity contribution in [2.45, 2.75) is 46.0 Å². The maximum Gasteiger partial charge on any atom is 0.223 e. The first-order valence-electron chi connectivity index (χ1n) is 8.53. The highest BCUT2D eigenvalue weighted by Gasteiger charge is 2.23. The lowest BCUT2D eigenvalue weighted by Gasteiger charge is -2.24. The molecule has 0 bridgehead atoms. The Morgan fingerprint density at radius 1 is 1.09 bits per heavy atom. The molecule has 0 aliphatic carbocycles. The molecule has 0 spiro atoms. The number of hydrogen-bond acceptors (Lipinski definition) is 2. The Hall–Kier alpha value is -2.03. The molecule has 2 rings (SSSR count). The predicted octanol–water partition coefficient (Wildman–Crippen LogP) is 4.76. The minimum Gasteiger partial charge on any atom is -0.469 e. The minimum atomic E-state index is -0.0192. The van der Waals surface area contributed by atoms with Crippen molar-refractivity contribution in [2.75, 3.05) is 13.1 Å². The summed E-state index contributed by atoms with van der Waals surface area (Å²) in [5.41, 5.74) is 2.35. The molecule has 0 aliphatic rings. The van der Waals surface area contributed by atoms with Crippen LogP contribution in [0.2, 0.25) is 0 Å². The second-order valence-corrected chi connectivity index (χ2v) is 6.06. The highest BCUT2D eigenvalue weighted by Crippen LogP contribution is 2.29. The van der Waals surface area contributed by atoms with E-state index in [4.69, 9.17) is 4.42 Å². The zero-order valence-corrected chi connectivity index (χ0v) is 14.4. The third kappa shape index (κ3) is 4.72. The molecule has 0 unspecified atom stereocenters. The van der Waals surface area contributed by atoms with E-state index < -0.39 is 0 Å². The van der Waals surface area contributed by atoms with Gasteiger partial charge in [-0.15, -0.1) is 0 Å². The van der Waals surface area contributed by atoms with E-state index in [-0.39, 0.29) is 11.8 Å². The molecule has 3 heteroatoms. The standard InChI is InChI=1S/C20H27NO2/c1-4-12-21(13-5-2)20(22)15-18(19-7-6-14-23-19)17-10-8-16(3)9-11-17/h6-11,14,18H,4-5,12-13,15H2,1-3H3/t18-/m1/s1. The maximum absolute atomic E-state index is 12.8. The highest BCUT2D eigenvalue weighted by atomic mass is 16.3. The van der Waals surface area contributed by atoms with Crippen molar-refractivity contribution < 1.29 is 9.21 Å². The van der Waals surface area contributed by atoms with E-state index in [2.05, 4.69) is 45.0 Å². The third-order valence-corrected chi connectivity index (χ3v) is 4.08. The molecule has 2 aromatic rings. The van der Waals surface area contributed by atoms with Crippen LogP contribution in [0.25, 0.3) is 0 Å². The molecule has 1 aromatic carbocycles. The monoisotopic (exact) mass is 313 g/mol. The third-order valence-electron chi connectivity index (χ3n) is 4.08. The molecule has 0 N–H and O–H groups in total. The largest absolute Gasteiger partial charge is 0.469 e. The number of hydrogen-bond donors (Lipinski definition) is 0. The van der Waals surface area contributed by atoms with E-state index in [0.29, 0.717) is 6.42 Å². The van der Waals surface area contributed by atoms with Gasteiger partial charge in [0.15, 0.2) is 0 Å². The molecule has 0 saturated carbocycles. The molecule has 23 heavy (non-hydrogen) atoms. The van der Waals surface area contributed by atoms with Crippen LogP contribution in [-0.4, -0.2) is 23.9 Å². The number of carbonyl (C=O) groups is 1. The normalized spacial score (nSPS) is 12.1. The van der Waals surface area contributed by atoms with Crippen molar-refractivity contribution >= 4 is 5.91 Å². The fourth-order valence-corrected chi connectivity index (χ4v) is 2.88. The first-order chi connectivity index (χ1) is 11.2. The highest BCUT2D eigenvalue weighted by molar-refractivity contribution is 5.77. The molecule has 0 aliphatic heterocycles. The molecule has 1 amide bonds. The Labute approximate surface area is 139 Å². The second-order valence-electron chi connectivity index (χ2n) is 6.06. The van der Waals surface area contributed by atoms with Gasteiger partial charge in [-0.05, 0) is 37.5 Å². The maximum atomic E-state index is 12.8. The van der Waals surface area contributed by atoms with E-state index in [9.17, 15) is 4.79 Å². The summed E-state index contributed by atoms with van der Waals surface area (Å²) in [6.07, 6.45) is 4.11. The van der Waals surface area contributed by atoms with Crippen LogP contribution in [0, 0.1) is 6.92 Å².